The van der Waals surface area contributed by atoms with Crippen LogP contribution < -0.4 is 15.6 Å². The summed E-state index contributed by atoms with van der Waals surface area (Å²) in [4.78, 5) is 25.7. The number of rotatable bonds is 4. The van der Waals surface area contributed by atoms with Gasteiger partial charge in [0.1, 0.15) is 17.3 Å². The Balaban J connectivity index is 2.21. The van der Waals surface area contributed by atoms with Gasteiger partial charge in [-0.05, 0) is 31.2 Å². The van der Waals surface area contributed by atoms with Crippen LogP contribution in [0.2, 0.25) is 0 Å². The van der Waals surface area contributed by atoms with Crippen LogP contribution in [0.5, 0.6) is 5.75 Å². The Hall–Kier alpha value is -2.63. The van der Waals surface area contributed by atoms with E-state index in [2.05, 4.69) is 10.3 Å². The molecule has 1 aromatic heterocycles. The van der Waals surface area contributed by atoms with Crippen LogP contribution in [0.1, 0.15) is 29.0 Å². The zero-order chi connectivity index (χ0) is 15.4. The van der Waals surface area contributed by atoms with Gasteiger partial charge in [0.2, 0.25) is 5.56 Å². The van der Waals surface area contributed by atoms with Crippen LogP contribution in [0.15, 0.2) is 41.2 Å². The highest BCUT2D eigenvalue weighted by Crippen LogP contribution is 2.25. The van der Waals surface area contributed by atoms with Crippen molar-refractivity contribution < 1.29 is 13.9 Å². The number of nitrogens with one attached hydrogen (secondary N) is 2. The minimum Gasteiger partial charge on any atom is -0.496 e. The summed E-state index contributed by atoms with van der Waals surface area (Å²) in [6.07, 6.45) is 0. The van der Waals surface area contributed by atoms with Crippen molar-refractivity contribution >= 4 is 5.91 Å². The largest absolute Gasteiger partial charge is 0.496 e. The maximum atomic E-state index is 13.3. The van der Waals surface area contributed by atoms with E-state index in [-0.39, 0.29) is 11.3 Å². The molecule has 1 heterocycles. The van der Waals surface area contributed by atoms with E-state index < -0.39 is 17.8 Å². The number of benzene rings is 1. The van der Waals surface area contributed by atoms with Gasteiger partial charge in [-0.1, -0.05) is 6.07 Å². The molecule has 1 aromatic carbocycles. The lowest BCUT2D eigenvalue weighted by atomic mass is 10.1. The second-order valence-electron chi connectivity index (χ2n) is 4.51. The third-order valence-electron chi connectivity index (χ3n) is 3.02. The van der Waals surface area contributed by atoms with Crippen LogP contribution >= 0.6 is 0 Å². The fraction of sp³-hybridized carbons (Fsp3) is 0.200. The number of hydrogen-bond acceptors (Lipinski definition) is 3. The van der Waals surface area contributed by atoms with Gasteiger partial charge in [0, 0.05) is 11.6 Å². The summed E-state index contributed by atoms with van der Waals surface area (Å²) in [5, 5.41) is 2.69. The van der Waals surface area contributed by atoms with Crippen LogP contribution in [-0.4, -0.2) is 18.0 Å². The Kier molecular flexibility index (Phi) is 4.37. The molecule has 21 heavy (non-hydrogen) atoms. The predicted molar refractivity (Wildman–Crippen MR) is 75.9 cm³/mol. The van der Waals surface area contributed by atoms with Gasteiger partial charge in [0.15, 0.2) is 0 Å². The smallest absolute Gasteiger partial charge is 0.268 e. The molecule has 0 aliphatic carbocycles. The van der Waals surface area contributed by atoms with E-state index >= 15 is 0 Å². The summed E-state index contributed by atoms with van der Waals surface area (Å²) >= 11 is 0. The number of aromatic amines is 1. The Morgan fingerprint density at radius 1 is 1.33 bits per heavy atom. The number of ether oxygens (including phenoxy) is 1. The Bertz CT molecular complexity index is 712. The van der Waals surface area contributed by atoms with Crippen molar-refractivity contribution in [3.8, 4) is 5.75 Å². The summed E-state index contributed by atoms with van der Waals surface area (Å²) in [7, 11) is 1.47. The molecule has 0 bridgehead atoms. The lowest BCUT2D eigenvalue weighted by molar-refractivity contribution is 0.0934. The number of halogens is 1. The van der Waals surface area contributed by atoms with Crippen LogP contribution in [0.4, 0.5) is 4.39 Å². The second-order valence-corrected chi connectivity index (χ2v) is 4.51. The molecule has 0 saturated heterocycles. The number of pyridine rings is 1. The molecule has 110 valence electrons. The highest BCUT2D eigenvalue weighted by molar-refractivity contribution is 5.92. The quantitative estimate of drug-likeness (QED) is 0.905. The van der Waals surface area contributed by atoms with E-state index in [0.717, 1.165) is 0 Å². The molecular formula is C15H15FN2O3. The van der Waals surface area contributed by atoms with Crippen molar-refractivity contribution in [1.29, 1.82) is 0 Å². The van der Waals surface area contributed by atoms with Gasteiger partial charge in [-0.25, -0.2) is 4.39 Å². The molecule has 0 saturated carbocycles. The van der Waals surface area contributed by atoms with Gasteiger partial charge in [0.05, 0.1) is 13.2 Å². The standard InChI is InChI=1S/C15H15FN2O3/c1-9(11-8-10(16)6-7-13(11)21-2)17-15(20)12-4-3-5-14(19)18-12/h3-9H,1-2H3,(H,17,20)(H,18,19). The fourth-order valence-corrected chi connectivity index (χ4v) is 1.98. The molecule has 0 spiro atoms. The summed E-state index contributed by atoms with van der Waals surface area (Å²) in [5.41, 5.74) is 0.299. The molecule has 0 aliphatic heterocycles. The van der Waals surface area contributed by atoms with Crippen molar-refractivity contribution in [2.24, 2.45) is 0 Å². The van der Waals surface area contributed by atoms with Gasteiger partial charge < -0.3 is 15.0 Å². The van der Waals surface area contributed by atoms with Gasteiger partial charge >= 0.3 is 0 Å². The first kappa shape index (κ1) is 14.8. The number of hydrogen-bond donors (Lipinski definition) is 2. The normalized spacial score (nSPS) is 11.8. The van der Waals surface area contributed by atoms with Crippen LogP contribution in [-0.2, 0) is 0 Å². The first-order valence-corrected chi connectivity index (χ1v) is 6.35. The first-order valence-electron chi connectivity index (χ1n) is 6.35. The SMILES string of the molecule is COc1ccc(F)cc1C(C)NC(=O)c1cccc(=O)[nH]1. The van der Waals surface area contributed by atoms with E-state index in [1.807, 2.05) is 0 Å². The molecule has 0 aliphatic rings. The Morgan fingerprint density at radius 2 is 2.10 bits per heavy atom. The molecule has 1 amide bonds. The van der Waals surface area contributed by atoms with Crippen molar-refractivity contribution in [3.63, 3.8) is 0 Å². The number of carbonyl (C=O) groups is 1. The maximum Gasteiger partial charge on any atom is 0.268 e. The third kappa shape index (κ3) is 3.47. The average Bonchev–Trinajstić information content (AvgIpc) is 2.47. The molecule has 0 fully saturated rings. The zero-order valence-corrected chi connectivity index (χ0v) is 11.6. The Morgan fingerprint density at radius 3 is 2.76 bits per heavy atom. The van der Waals surface area contributed by atoms with E-state index in [4.69, 9.17) is 4.74 Å². The summed E-state index contributed by atoms with van der Waals surface area (Å²) < 4.78 is 18.5. The molecule has 2 rings (SSSR count). The fourth-order valence-electron chi connectivity index (χ4n) is 1.98. The topological polar surface area (TPSA) is 71.2 Å². The molecule has 2 N–H and O–H groups in total. The van der Waals surface area contributed by atoms with E-state index in [1.54, 1.807) is 6.92 Å². The number of aromatic nitrogens is 1. The minimum absolute atomic E-state index is 0.143. The Labute approximate surface area is 120 Å². The molecule has 5 nitrogen and oxygen atoms in total. The van der Waals surface area contributed by atoms with Crippen LogP contribution in [0.3, 0.4) is 0 Å². The number of methoxy groups -OCH3 is 1. The van der Waals surface area contributed by atoms with Crippen LogP contribution in [0, 0.1) is 5.82 Å². The van der Waals surface area contributed by atoms with Crippen molar-refractivity contribution in [2.45, 2.75) is 13.0 Å². The molecule has 2 aromatic rings. The molecular weight excluding hydrogens is 275 g/mol. The number of H-pyrrole nitrogens is 1. The average molecular weight is 290 g/mol. The van der Waals surface area contributed by atoms with E-state index in [0.29, 0.717) is 11.3 Å². The van der Waals surface area contributed by atoms with Crippen LogP contribution in [0.25, 0.3) is 0 Å². The van der Waals surface area contributed by atoms with E-state index in [1.165, 1.54) is 43.5 Å². The highest BCUT2D eigenvalue weighted by atomic mass is 19.1. The van der Waals surface area contributed by atoms with Crippen molar-refractivity contribution in [1.82, 2.24) is 10.3 Å². The maximum absolute atomic E-state index is 13.3. The summed E-state index contributed by atoms with van der Waals surface area (Å²) in [6, 6.07) is 7.90. The van der Waals surface area contributed by atoms with E-state index in [9.17, 15) is 14.0 Å². The summed E-state index contributed by atoms with van der Waals surface area (Å²) in [6.45, 7) is 1.70. The minimum atomic E-state index is -0.480. The van der Waals surface area contributed by atoms with Crippen molar-refractivity contribution in [3.05, 3.63) is 63.8 Å². The third-order valence-corrected chi connectivity index (χ3v) is 3.02. The molecule has 6 heteroatoms. The van der Waals surface area contributed by atoms with Gasteiger partial charge in [0.25, 0.3) is 5.91 Å². The van der Waals surface area contributed by atoms with Crippen molar-refractivity contribution in [2.75, 3.05) is 7.11 Å². The molecule has 0 radical (unpaired) electrons. The molecule has 1 unspecified atom stereocenters. The van der Waals surface area contributed by atoms with Gasteiger partial charge in [-0.2, -0.15) is 0 Å². The monoisotopic (exact) mass is 290 g/mol. The lowest BCUT2D eigenvalue weighted by Crippen LogP contribution is -2.29. The lowest BCUT2D eigenvalue weighted by Gasteiger charge is -2.17. The highest BCUT2D eigenvalue weighted by Gasteiger charge is 2.16. The second kappa shape index (κ2) is 6.21. The summed E-state index contributed by atoms with van der Waals surface area (Å²) in [5.74, 6) is -0.391. The molecule has 1 atom stereocenters. The first-order chi connectivity index (χ1) is 10.0. The number of carbonyl (C=O) groups excluding carboxylic acids is 1. The van der Waals surface area contributed by atoms with Gasteiger partial charge in [-0.3, -0.25) is 9.59 Å². The zero-order valence-electron chi connectivity index (χ0n) is 11.6. The van der Waals surface area contributed by atoms with Gasteiger partial charge in [-0.15, -0.1) is 0 Å². The number of amides is 1. The predicted octanol–water partition coefficient (Wildman–Crippen LogP) is 2.01.